The van der Waals surface area contributed by atoms with Gasteiger partial charge in [-0.15, -0.1) is 10.2 Å². The van der Waals surface area contributed by atoms with Crippen molar-refractivity contribution in [2.75, 3.05) is 34.4 Å². The van der Waals surface area contributed by atoms with E-state index in [1.165, 1.54) is 24.6 Å². The Bertz CT molecular complexity index is 1190. The zero-order valence-corrected chi connectivity index (χ0v) is 19.0. The normalized spacial score (nSPS) is 17.2. The van der Waals surface area contributed by atoms with Crippen molar-refractivity contribution in [1.29, 1.82) is 0 Å². The first-order valence-corrected chi connectivity index (χ1v) is 11.6. The van der Waals surface area contributed by atoms with Crippen LogP contribution < -0.4 is 14.2 Å². The molecule has 0 bridgehead atoms. The number of piperidine rings is 1. The topological polar surface area (TPSA) is 104 Å². The molecule has 170 valence electrons. The summed E-state index contributed by atoms with van der Waals surface area (Å²) in [5.74, 6) is 1.86. The standard InChI is InChI=1S/C22H25N3O6S/c1-28-16-10-11-19(30-3)20(13-16)32(26,27)25-12-6-7-15(14-25)21-23-24-22(31-21)17-8-4-5-9-18(17)29-2/h4-5,8-11,13,15H,6-7,12,14H2,1-3H3/t15-/m1/s1. The monoisotopic (exact) mass is 459 g/mol. The van der Waals surface area contributed by atoms with Gasteiger partial charge < -0.3 is 18.6 Å². The van der Waals surface area contributed by atoms with Gasteiger partial charge in [-0.25, -0.2) is 8.42 Å². The molecule has 9 nitrogen and oxygen atoms in total. The number of nitrogens with zero attached hydrogens (tertiary/aromatic N) is 3. The molecule has 0 amide bonds. The van der Waals surface area contributed by atoms with Crippen molar-refractivity contribution in [3.8, 4) is 28.7 Å². The number of hydrogen-bond acceptors (Lipinski definition) is 8. The number of ether oxygens (including phenoxy) is 3. The first-order valence-electron chi connectivity index (χ1n) is 10.2. The lowest BCUT2D eigenvalue weighted by molar-refractivity contribution is 0.284. The number of hydrogen-bond donors (Lipinski definition) is 0. The van der Waals surface area contributed by atoms with E-state index in [1.807, 2.05) is 24.3 Å². The summed E-state index contributed by atoms with van der Waals surface area (Å²) in [5, 5.41) is 8.37. The van der Waals surface area contributed by atoms with Crippen LogP contribution in [0.3, 0.4) is 0 Å². The smallest absolute Gasteiger partial charge is 0.251 e. The van der Waals surface area contributed by atoms with E-state index in [0.717, 1.165) is 6.42 Å². The van der Waals surface area contributed by atoms with Crippen molar-refractivity contribution in [3.63, 3.8) is 0 Å². The third-order valence-corrected chi connectivity index (χ3v) is 7.39. The van der Waals surface area contributed by atoms with Crippen LogP contribution in [0.5, 0.6) is 17.2 Å². The van der Waals surface area contributed by atoms with Gasteiger partial charge in [0.05, 0.1) is 32.8 Å². The molecule has 1 saturated heterocycles. The minimum atomic E-state index is -3.82. The van der Waals surface area contributed by atoms with Crippen LogP contribution in [0.2, 0.25) is 0 Å². The van der Waals surface area contributed by atoms with E-state index in [-0.39, 0.29) is 23.1 Å². The second kappa shape index (κ2) is 9.17. The summed E-state index contributed by atoms with van der Waals surface area (Å²) in [4.78, 5) is 0.0697. The van der Waals surface area contributed by atoms with Crippen molar-refractivity contribution in [2.45, 2.75) is 23.7 Å². The van der Waals surface area contributed by atoms with Crippen LogP contribution in [0.1, 0.15) is 24.7 Å². The van der Waals surface area contributed by atoms with Crippen molar-refractivity contribution >= 4 is 10.0 Å². The maximum Gasteiger partial charge on any atom is 0.251 e. The molecule has 1 aliphatic heterocycles. The zero-order valence-electron chi connectivity index (χ0n) is 18.1. The molecule has 1 aromatic heterocycles. The molecule has 2 heterocycles. The Balaban J connectivity index is 1.60. The molecule has 0 radical (unpaired) electrons. The van der Waals surface area contributed by atoms with Crippen LogP contribution in [-0.4, -0.2) is 57.3 Å². The highest BCUT2D eigenvalue weighted by Crippen LogP contribution is 2.36. The Morgan fingerprint density at radius 3 is 2.53 bits per heavy atom. The maximum absolute atomic E-state index is 13.4. The van der Waals surface area contributed by atoms with Gasteiger partial charge in [0.15, 0.2) is 0 Å². The summed E-state index contributed by atoms with van der Waals surface area (Å²) in [5.41, 5.74) is 0.690. The molecule has 0 N–H and O–H groups in total. The van der Waals surface area contributed by atoms with Gasteiger partial charge in [-0.3, -0.25) is 0 Å². The summed E-state index contributed by atoms with van der Waals surface area (Å²) in [6.07, 6.45) is 1.41. The Kier molecular flexibility index (Phi) is 6.33. The second-order valence-corrected chi connectivity index (χ2v) is 9.27. The molecule has 2 aromatic carbocycles. The van der Waals surface area contributed by atoms with Gasteiger partial charge in [0.25, 0.3) is 5.89 Å². The minimum Gasteiger partial charge on any atom is -0.497 e. The average molecular weight is 460 g/mol. The van der Waals surface area contributed by atoms with Gasteiger partial charge in [0.1, 0.15) is 22.1 Å². The van der Waals surface area contributed by atoms with Gasteiger partial charge in [-0.05, 0) is 37.1 Å². The van der Waals surface area contributed by atoms with Crippen LogP contribution in [-0.2, 0) is 10.0 Å². The van der Waals surface area contributed by atoms with Crippen molar-refractivity contribution in [1.82, 2.24) is 14.5 Å². The lowest BCUT2D eigenvalue weighted by atomic mass is 10.00. The molecule has 0 saturated carbocycles. The van der Waals surface area contributed by atoms with Crippen molar-refractivity contribution < 1.29 is 27.0 Å². The van der Waals surface area contributed by atoms with Crippen molar-refractivity contribution in [3.05, 3.63) is 48.4 Å². The fraction of sp³-hybridized carbons (Fsp3) is 0.364. The predicted molar refractivity (Wildman–Crippen MR) is 117 cm³/mol. The Morgan fingerprint density at radius 2 is 1.78 bits per heavy atom. The van der Waals surface area contributed by atoms with Crippen molar-refractivity contribution in [2.24, 2.45) is 0 Å². The van der Waals surface area contributed by atoms with Crippen LogP contribution in [0.25, 0.3) is 11.5 Å². The van der Waals surface area contributed by atoms with Gasteiger partial charge in [0.2, 0.25) is 15.9 Å². The molecule has 3 aromatic rings. The summed E-state index contributed by atoms with van der Waals surface area (Å²) < 4.78 is 50.1. The number of rotatable bonds is 7. The minimum absolute atomic E-state index is 0.0697. The number of sulfonamides is 1. The Labute approximate surface area is 187 Å². The number of aromatic nitrogens is 2. The molecule has 0 unspecified atom stereocenters. The number of para-hydroxylation sites is 1. The Morgan fingerprint density at radius 1 is 1.00 bits per heavy atom. The van der Waals surface area contributed by atoms with E-state index >= 15 is 0 Å². The largest absolute Gasteiger partial charge is 0.497 e. The Hall–Kier alpha value is -3.11. The number of methoxy groups -OCH3 is 3. The lowest BCUT2D eigenvalue weighted by Crippen LogP contribution is -2.39. The van der Waals surface area contributed by atoms with Crippen LogP contribution in [0, 0.1) is 0 Å². The molecule has 1 atom stereocenters. The third-order valence-electron chi connectivity index (χ3n) is 5.50. The maximum atomic E-state index is 13.4. The van der Waals surface area contributed by atoms with E-state index in [1.54, 1.807) is 19.2 Å². The fourth-order valence-corrected chi connectivity index (χ4v) is 5.51. The highest BCUT2D eigenvalue weighted by atomic mass is 32.2. The first-order chi connectivity index (χ1) is 15.5. The lowest BCUT2D eigenvalue weighted by Gasteiger charge is -2.30. The highest BCUT2D eigenvalue weighted by Gasteiger charge is 2.35. The van der Waals surface area contributed by atoms with E-state index in [2.05, 4.69) is 10.2 Å². The summed E-state index contributed by atoms with van der Waals surface area (Å²) in [6, 6.07) is 12.1. The fourth-order valence-electron chi connectivity index (χ4n) is 3.82. The van der Waals surface area contributed by atoms with Gasteiger partial charge >= 0.3 is 0 Å². The second-order valence-electron chi connectivity index (χ2n) is 7.36. The molecule has 4 rings (SSSR count). The van der Waals surface area contributed by atoms with E-state index in [0.29, 0.717) is 41.8 Å². The summed E-state index contributed by atoms with van der Waals surface area (Å²) >= 11 is 0. The van der Waals surface area contributed by atoms with Crippen LogP contribution >= 0.6 is 0 Å². The predicted octanol–water partition coefficient (Wildman–Crippen LogP) is 3.33. The molecule has 1 aliphatic rings. The highest BCUT2D eigenvalue weighted by molar-refractivity contribution is 7.89. The molecule has 0 aliphatic carbocycles. The van der Waals surface area contributed by atoms with Gasteiger partial charge in [-0.1, -0.05) is 12.1 Å². The quantitative estimate of drug-likeness (QED) is 0.530. The van der Waals surface area contributed by atoms with Gasteiger partial charge in [-0.2, -0.15) is 4.31 Å². The summed E-state index contributed by atoms with van der Waals surface area (Å²) in [7, 11) is 0.693. The number of benzene rings is 2. The molecule has 10 heteroatoms. The van der Waals surface area contributed by atoms with E-state index < -0.39 is 10.0 Å². The molecule has 32 heavy (non-hydrogen) atoms. The molecular weight excluding hydrogens is 434 g/mol. The molecule has 0 spiro atoms. The zero-order chi connectivity index (χ0) is 22.7. The third kappa shape index (κ3) is 4.15. The summed E-state index contributed by atoms with van der Waals surface area (Å²) in [6.45, 7) is 0.628. The molecule has 1 fully saturated rings. The SMILES string of the molecule is COc1ccc(OC)c(S(=O)(=O)N2CCC[C@@H](c3nnc(-c4ccccc4OC)o3)C2)c1. The average Bonchev–Trinajstić information content (AvgIpc) is 3.34. The van der Waals surface area contributed by atoms with Crippen LogP contribution in [0.4, 0.5) is 0 Å². The first kappa shape index (κ1) is 22.1. The molecular formula is C22H25N3O6S. The van der Waals surface area contributed by atoms with E-state index in [9.17, 15) is 8.42 Å². The van der Waals surface area contributed by atoms with Gasteiger partial charge in [0, 0.05) is 19.2 Å². The van der Waals surface area contributed by atoms with Crippen LogP contribution in [0.15, 0.2) is 51.8 Å². The van der Waals surface area contributed by atoms with E-state index in [4.69, 9.17) is 18.6 Å².